The number of aromatic nitrogens is 2. The number of carbonyl (C=O) groups is 1. The zero-order valence-electron chi connectivity index (χ0n) is 9.85. The SMILES string of the molecule is CCOC(=O)C(CC)NCCn1cccn1. The highest BCUT2D eigenvalue weighted by atomic mass is 16.5. The lowest BCUT2D eigenvalue weighted by atomic mass is 10.2. The number of hydrogen-bond acceptors (Lipinski definition) is 4. The van der Waals surface area contributed by atoms with Gasteiger partial charge >= 0.3 is 5.97 Å². The van der Waals surface area contributed by atoms with Gasteiger partial charge in [0.05, 0.1) is 13.2 Å². The van der Waals surface area contributed by atoms with E-state index in [-0.39, 0.29) is 12.0 Å². The molecule has 0 aliphatic carbocycles. The molecule has 0 aliphatic rings. The van der Waals surface area contributed by atoms with Crippen molar-refractivity contribution in [3.05, 3.63) is 18.5 Å². The fourth-order valence-electron chi connectivity index (χ4n) is 1.42. The second kappa shape index (κ2) is 7.00. The van der Waals surface area contributed by atoms with Crippen molar-refractivity contribution in [1.29, 1.82) is 0 Å². The Morgan fingerprint density at radius 1 is 1.56 bits per heavy atom. The molecule has 1 rings (SSSR count). The van der Waals surface area contributed by atoms with Crippen LogP contribution in [0.1, 0.15) is 20.3 Å². The summed E-state index contributed by atoms with van der Waals surface area (Å²) in [6.45, 7) is 5.66. The molecule has 0 fully saturated rings. The van der Waals surface area contributed by atoms with Gasteiger partial charge in [0.25, 0.3) is 0 Å². The Labute approximate surface area is 95.8 Å². The van der Waals surface area contributed by atoms with E-state index in [0.29, 0.717) is 13.2 Å². The molecule has 0 aliphatic heterocycles. The van der Waals surface area contributed by atoms with Crippen LogP contribution >= 0.6 is 0 Å². The van der Waals surface area contributed by atoms with Crippen LogP contribution < -0.4 is 5.32 Å². The van der Waals surface area contributed by atoms with Gasteiger partial charge in [-0.15, -0.1) is 0 Å². The zero-order chi connectivity index (χ0) is 11.8. The summed E-state index contributed by atoms with van der Waals surface area (Å²) in [5.41, 5.74) is 0. The summed E-state index contributed by atoms with van der Waals surface area (Å²) in [4.78, 5) is 11.5. The molecule has 1 aromatic heterocycles. The predicted octanol–water partition coefficient (Wildman–Crippen LogP) is 0.814. The molecular weight excluding hydrogens is 206 g/mol. The number of hydrogen-bond donors (Lipinski definition) is 1. The first-order chi connectivity index (χ1) is 7.77. The van der Waals surface area contributed by atoms with Crippen molar-refractivity contribution in [2.24, 2.45) is 0 Å². The fourth-order valence-corrected chi connectivity index (χ4v) is 1.42. The van der Waals surface area contributed by atoms with E-state index in [1.54, 1.807) is 6.20 Å². The molecule has 1 N–H and O–H groups in total. The van der Waals surface area contributed by atoms with Gasteiger partial charge in [-0.1, -0.05) is 6.92 Å². The molecule has 1 atom stereocenters. The van der Waals surface area contributed by atoms with Crippen molar-refractivity contribution in [2.75, 3.05) is 13.2 Å². The molecule has 0 spiro atoms. The Morgan fingerprint density at radius 2 is 2.38 bits per heavy atom. The van der Waals surface area contributed by atoms with Crippen LogP contribution in [0.15, 0.2) is 18.5 Å². The summed E-state index contributed by atoms with van der Waals surface area (Å²) in [6.07, 6.45) is 4.37. The topological polar surface area (TPSA) is 56.1 Å². The van der Waals surface area contributed by atoms with Crippen LogP contribution in [-0.2, 0) is 16.1 Å². The Morgan fingerprint density at radius 3 is 2.94 bits per heavy atom. The maximum Gasteiger partial charge on any atom is 0.323 e. The Hall–Kier alpha value is -1.36. The molecule has 90 valence electrons. The third-order valence-corrected chi connectivity index (χ3v) is 2.27. The van der Waals surface area contributed by atoms with Gasteiger partial charge in [-0.05, 0) is 19.4 Å². The standard InChI is InChI=1S/C11H19N3O2/c1-3-10(11(15)16-4-2)12-7-9-14-8-5-6-13-14/h5-6,8,10,12H,3-4,7,9H2,1-2H3. The smallest absolute Gasteiger partial charge is 0.323 e. The summed E-state index contributed by atoms with van der Waals surface area (Å²) < 4.78 is 6.78. The number of rotatable bonds is 7. The largest absolute Gasteiger partial charge is 0.465 e. The quantitative estimate of drug-likeness (QED) is 0.698. The maximum atomic E-state index is 11.5. The van der Waals surface area contributed by atoms with E-state index in [1.165, 1.54) is 0 Å². The fraction of sp³-hybridized carbons (Fsp3) is 0.636. The molecule has 0 saturated carbocycles. The summed E-state index contributed by atoms with van der Waals surface area (Å²) >= 11 is 0. The van der Waals surface area contributed by atoms with Crippen LogP contribution in [-0.4, -0.2) is 34.9 Å². The molecule has 0 radical (unpaired) electrons. The molecule has 5 heteroatoms. The molecule has 0 aromatic carbocycles. The van der Waals surface area contributed by atoms with Gasteiger partial charge in [-0.3, -0.25) is 9.48 Å². The first kappa shape index (κ1) is 12.7. The number of carbonyl (C=O) groups excluding carboxylic acids is 1. The molecule has 16 heavy (non-hydrogen) atoms. The average Bonchev–Trinajstić information content (AvgIpc) is 2.77. The number of esters is 1. The molecule has 0 bridgehead atoms. The van der Waals surface area contributed by atoms with E-state index in [1.807, 2.05) is 30.8 Å². The number of nitrogens with one attached hydrogen (secondary N) is 1. The van der Waals surface area contributed by atoms with E-state index in [4.69, 9.17) is 4.74 Å². The summed E-state index contributed by atoms with van der Waals surface area (Å²) in [5, 5.41) is 7.24. The van der Waals surface area contributed by atoms with Crippen LogP contribution in [0.25, 0.3) is 0 Å². The highest BCUT2D eigenvalue weighted by molar-refractivity contribution is 5.75. The molecule has 1 aromatic rings. The average molecular weight is 225 g/mol. The molecule has 0 saturated heterocycles. The second-order valence-electron chi connectivity index (χ2n) is 3.44. The number of nitrogens with zero attached hydrogens (tertiary/aromatic N) is 2. The van der Waals surface area contributed by atoms with E-state index >= 15 is 0 Å². The minimum absolute atomic E-state index is 0.175. The first-order valence-electron chi connectivity index (χ1n) is 5.65. The van der Waals surface area contributed by atoms with Gasteiger partial charge < -0.3 is 10.1 Å². The lowest BCUT2D eigenvalue weighted by Crippen LogP contribution is -2.39. The monoisotopic (exact) mass is 225 g/mol. The number of ether oxygens (including phenoxy) is 1. The maximum absolute atomic E-state index is 11.5. The van der Waals surface area contributed by atoms with E-state index in [0.717, 1.165) is 13.0 Å². The lowest BCUT2D eigenvalue weighted by molar-refractivity contribution is -0.145. The summed E-state index contributed by atoms with van der Waals surface area (Å²) in [6, 6.07) is 1.67. The van der Waals surface area contributed by atoms with Crippen molar-refractivity contribution < 1.29 is 9.53 Å². The molecular formula is C11H19N3O2. The molecule has 1 unspecified atom stereocenters. The van der Waals surface area contributed by atoms with E-state index in [2.05, 4.69) is 10.4 Å². The van der Waals surface area contributed by atoms with E-state index in [9.17, 15) is 4.79 Å². The van der Waals surface area contributed by atoms with Crippen molar-refractivity contribution in [1.82, 2.24) is 15.1 Å². The third kappa shape index (κ3) is 4.02. The van der Waals surface area contributed by atoms with Gasteiger partial charge in [0, 0.05) is 18.9 Å². The Bertz CT molecular complexity index is 298. The van der Waals surface area contributed by atoms with Crippen LogP contribution in [0, 0.1) is 0 Å². The van der Waals surface area contributed by atoms with Gasteiger partial charge in [0.2, 0.25) is 0 Å². The van der Waals surface area contributed by atoms with Crippen molar-refractivity contribution in [3.63, 3.8) is 0 Å². The minimum atomic E-state index is -0.212. The first-order valence-corrected chi connectivity index (χ1v) is 5.65. The van der Waals surface area contributed by atoms with Crippen molar-refractivity contribution in [3.8, 4) is 0 Å². The normalized spacial score (nSPS) is 12.4. The second-order valence-corrected chi connectivity index (χ2v) is 3.44. The third-order valence-electron chi connectivity index (χ3n) is 2.27. The lowest BCUT2D eigenvalue weighted by Gasteiger charge is -2.15. The highest BCUT2D eigenvalue weighted by Crippen LogP contribution is 1.95. The van der Waals surface area contributed by atoms with Crippen LogP contribution in [0.2, 0.25) is 0 Å². The minimum Gasteiger partial charge on any atom is -0.465 e. The van der Waals surface area contributed by atoms with Crippen LogP contribution in [0.5, 0.6) is 0 Å². The Balaban J connectivity index is 2.26. The highest BCUT2D eigenvalue weighted by Gasteiger charge is 2.15. The zero-order valence-corrected chi connectivity index (χ0v) is 9.85. The van der Waals surface area contributed by atoms with Gasteiger partial charge in [-0.25, -0.2) is 0 Å². The molecule has 0 amide bonds. The van der Waals surface area contributed by atoms with Crippen molar-refractivity contribution >= 4 is 5.97 Å². The van der Waals surface area contributed by atoms with Gasteiger partial charge in [0.15, 0.2) is 0 Å². The summed E-state index contributed by atoms with van der Waals surface area (Å²) in [5.74, 6) is -0.175. The Kier molecular flexibility index (Phi) is 5.56. The van der Waals surface area contributed by atoms with E-state index < -0.39 is 0 Å². The predicted molar refractivity (Wildman–Crippen MR) is 60.9 cm³/mol. The van der Waals surface area contributed by atoms with Crippen LogP contribution in [0.3, 0.4) is 0 Å². The van der Waals surface area contributed by atoms with Crippen molar-refractivity contribution in [2.45, 2.75) is 32.9 Å². The van der Waals surface area contributed by atoms with Gasteiger partial charge in [-0.2, -0.15) is 5.10 Å². The van der Waals surface area contributed by atoms with Gasteiger partial charge in [0.1, 0.15) is 6.04 Å². The molecule has 5 nitrogen and oxygen atoms in total. The van der Waals surface area contributed by atoms with Crippen LogP contribution in [0.4, 0.5) is 0 Å². The summed E-state index contributed by atoms with van der Waals surface area (Å²) in [7, 11) is 0. The molecule has 1 heterocycles.